The third kappa shape index (κ3) is 5.02. The van der Waals surface area contributed by atoms with Crippen LogP contribution in [0.15, 0.2) is 23.4 Å². The molecule has 0 aliphatic carbocycles. The number of unbranched alkanes of at least 4 members (excludes halogenated alkanes) is 1. The highest BCUT2D eigenvalue weighted by atomic mass is 35.5. The van der Waals surface area contributed by atoms with E-state index in [0.29, 0.717) is 5.02 Å². The van der Waals surface area contributed by atoms with E-state index in [2.05, 4.69) is 28.7 Å². The van der Waals surface area contributed by atoms with Gasteiger partial charge in [0.2, 0.25) is 5.91 Å². The van der Waals surface area contributed by atoms with Crippen molar-refractivity contribution in [1.82, 2.24) is 9.55 Å². The van der Waals surface area contributed by atoms with Gasteiger partial charge < -0.3 is 9.88 Å². The zero-order valence-electron chi connectivity index (χ0n) is 15.5. The van der Waals surface area contributed by atoms with Crippen molar-refractivity contribution in [2.75, 3.05) is 5.32 Å². The molecule has 1 N–H and O–H groups in total. The molecule has 136 valence electrons. The topological polar surface area (TPSA) is 46.9 Å². The lowest BCUT2D eigenvalue weighted by Gasteiger charge is -2.15. The lowest BCUT2D eigenvalue weighted by Crippen LogP contribution is -2.23. The average molecular weight is 380 g/mol. The van der Waals surface area contributed by atoms with Gasteiger partial charge in [0, 0.05) is 22.9 Å². The van der Waals surface area contributed by atoms with Gasteiger partial charge in [0.25, 0.3) is 0 Å². The molecule has 1 aromatic heterocycles. The number of aryl methyl sites for hydroxylation is 2. The number of carbonyl (C=O) groups is 1. The van der Waals surface area contributed by atoms with E-state index < -0.39 is 0 Å². The molecule has 0 fully saturated rings. The number of imidazole rings is 1. The third-order valence-electron chi connectivity index (χ3n) is 4.27. The number of amides is 1. The minimum Gasteiger partial charge on any atom is -0.325 e. The van der Waals surface area contributed by atoms with E-state index in [1.807, 2.05) is 32.9 Å². The van der Waals surface area contributed by atoms with Gasteiger partial charge in [0.15, 0.2) is 5.16 Å². The van der Waals surface area contributed by atoms with Crippen molar-refractivity contribution in [3.63, 3.8) is 0 Å². The van der Waals surface area contributed by atoms with Gasteiger partial charge in [-0.1, -0.05) is 42.8 Å². The Bertz CT molecular complexity index is 757. The normalized spacial score (nSPS) is 12.2. The number of carbonyl (C=O) groups excluding carboxylic acids is 1. The molecule has 4 nitrogen and oxygen atoms in total. The minimum absolute atomic E-state index is 0.0456. The number of benzene rings is 1. The fourth-order valence-electron chi connectivity index (χ4n) is 2.47. The summed E-state index contributed by atoms with van der Waals surface area (Å²) in [6.07, 6.45) is 2.23. The van der Waals surface area contributed by atoms with E-state index in [4.69, 9.17) is 11.6 Å². The SMILES string of the molecule is CCCCn1c(S[C@@H](C)C(=O)Nc2cc(Cl)ccc2C)nc(C)c1C. The predicted octanol–water partition coefficient (Wildman–Crippen LogP) is 5.38. The van der Waals surface area contributed by atoms with E-state index >= 15 is 0 Å². The summed E-state index contributed by atoms with van der Waals surface area (Å²) in [6.45, 7) is 11.1. The summed E-state index contributed by atoms with van der Waals surface area (Å²) in [5.41, 5.74) is 3.95. The highest BCUT2D eigenvalue weighted by Gasteiger charge is 2.20. The Balaban J connectivity index is 2.11. The second-order valence-electron chi connectivity index (χ2n) is 6.28. The van der Waals surface area contributed by atoms with E-state index in [-0.39, 0.29) is 11.2 Å². The Kier molecular flexibility index (Phi) is 6.96. The summed E-state index contributed by atoms with van der Waals surface area (Å²) in [5, 5.41) is 4.25. The number of thioether (sulfide) groups is 1. The van der Waals surface area contributed by atoms with Crippen molar-refractivity contribution in [3.05, 3.63) is 40.2 Å². The highest BCUT2D eigenvalue weighted by Crippen LogP contribution is 2.27. The Morgan fingerprint density at radius 1 is 1.36 bits per heavy atom. The third-order valence-corrected chi connectivity index (χ3v) is 5.59. The van der Waals surface area contributed by atoms with Crippen LogP contribution in [0.25, 0.3) is 0 Å². The number of hydrogen-bond donors (Lipinski definition) is 1. The molecule has 1 aromatic carbocycles. The van der Waals surface area contributed by atoms with Gasteiger partial charge in [-0.2, -0.15) is 0 Å². The molecule has 2 aromatic rings. The number of aromatic nitrogens is 2. The molecule has 0 bridgehead atoms. The van der Waals surface area contributed by atoms with Gasteiger partial charge in [0.1, 0.15) is 0 Å². The fourth-order valence-corrected chi connectivity index (χ4v) is 3.67. The average Bonchev–Trinajstić information content (AvgIpc) is 2.83. The van der Waals surface area contributed by atoms with Gasteiger partial charge in [-0.25, -0.2) is 4.98 Å². The van der Waals surface area contributed by atoms with E-state index in [0.717, 1.165) is 41.5 Å². The monoisotopic (exact) mass is 379 g/mol. The quantitative estimate of drug-likeness (QED) is 0.657. The maximum atomic E-state index is 12.6. The summed E-state index contributed by atoms with van der Waals surface area (Å²) in [4.78, 5) is 17.2. The van der Waals surface area contributed by atoms with Gasteiger partial charge in [-0.05, 0) is 51.8 Å². The van der Waals surface area contributed by atoms with E-state index in [1.165, 1.54) is 17.5 Å². The van der Waals surface area contributed by atoms with Crippen molar-refractivity contribution >= 4 is 35.0 Å². The van der Waals surface area contributed by atoms with Crippen molar-refractivity contribution in [2.24, 2.45) is 0 Å². The van der Waals surface area contributed by atoms with Crippen LogP contribution in [0.2, 0.25) is 5.02 Å². The molecular weight excluding hydrogens is 354 g/mol. The first-order valence-corrected chi connectivity index (χ1v) is 9.86. The smallest absolute Gasteiger partial charge is 0.237 e. The molecule has 0 spiro atoms. The summed E-state index contributed by atoms with van der Waals surface area (Å²) in [7, 11) is 0. The van der Waals surface area contributed by atoms with Crippen molar-refractivity contribution < 1.29 is 4.79 Å². The molecule has 25 heavy (non-hydrogen) atoms. The maximum Gasteiger partial charge on any atom is 0.237 e. The number of nitrogens with zero attached hydrogens (tertiary/aromatic N) is 2. The summed E-state index contributed by atoms with van der Waals surface area (Å²) in [5.74, 6) is -0.0456. The lowest BCUT2D eigenvalue weighted by molar-refractivity contribution is -0.115. The van der Waals surface area contributed by atoms with Crippen LogP contribution in [0.4, 0.5) is 5.69 Å². The molecular formula is C19H26ClN3OS. The second kappa shape index (κ2) is 8.77. The van der Waals surface area contributed by atoms with Crippen LogP contribution in [-0.4, -0.2) is 20.7 Å². The molecule has 0 unspecified atom stereocenters. The molecule has 0 saturated heterocycles. The Morgan fingerprint density at radius 2 is 2.08 bits per heavy atom. The Hall–Kier alpha value is -1.46. The molecule has 1 amide bonds. The molecule has 0 saturated carbocycles. The number of hydrogen-bond acceptors (Lipinski definition) is 3. The second-order valence-corrected chi connectivity index (χ2v) is 8.02. The molecule has 6 heteroatoms. The van der Waals surface area contributed by atoms with E-state index in [9.17, 15) is 4.79 Å². The van der Waals surface area contributed by atoms with Crippen LogP contribution in [0, 0.1) is 20.8 Å². The zero-order chi connectivity index (χ0) is 18.6. The van der Waals surface area contributed by atoms with Gasteiger partial charge in [0.05, 0.1) is 10.9 Å². The minimum atomic E-state index is -0.250. The van der Waals surface area contributed by atoms with Crippen LogP contribution < -0.4 is 5.32 Å². The van der Waals surface area contributed by atoms with Crippen molar-refractivity contribution in [2.45, 2.75) is 64.4 Å². The molecule has 0 aliphatic rings. The van der Waals surface area contributed by atoms with Crippen LogP contribution >= 0.6 is 23.4 Å². The summed E-state index contributed by atoms with van der Waals surface area (Å²) >= 11 is 7.53. The number of anilines is 1. The van der Waals surface area contributed by atoms with Crippen LogP contribution in [-0.2, 0) is 11.3 Å². The molecule has 1 heterocycles. The van der Waals surface area contributed by atoms with Crippen LogP contribution in [0.5, 0.6) is 0 Å². The van der Waals surface area contributed by atoms with Crippen LogP contribution in [0.1, 0.15) is 43.6 Å². The summed E-state index contributed by atoms with van der Waals surface area (Å²) in [6, 6.07) is 5.50. The first-order chi connectivity index (χ1) is 11.8. The Labute approximate surface area is 159 Å². The molecule has 0 aliphatic heterocycles. The first kappa shape index (κ1) is 19.9. The fraction of sp³-hybridized carbons (Fsp3) is 0.474. The number of halogens is 1. The van der Waals surface area contributed by atoms with Gasteiger partial charge >= 0.3 is 0 Å². The predicted molar refractivity (Wildman–Crippen MR) is 107 cm³/mol. The maximum absolute atomic E-state index is 12.6. The van der Waals surface area contributed by atoms with Crippen molar-refractivity contribution in [1.29, 1.82) is 0 Å². The van der Waals surface area contributed by atoms with Crippen molar-refractivity contribution in [3.8, 4) is 0 Å². The highest BCUT2D eigenvalue weighted by molar-refractivity contribution is 8.00. The zero-order valence-corrected chi connectivity index (χ0v) is 17.1. The van der Waals surface area contributed by atoms with Gasteiger partial charge in [-0.15, -0.1) is 0 Å². The van der Waals surface area contributed by atoms with E-state index in [1.54, 1.807) is 6.07 Å². The number of nitrogens with one attached hydrogen (secondary N) is 1. The molecule has 0 radical (unpaired) electrons. The molecule has 2 rings (SSSR count). The summed E-state index contributed by atoms with van der Waals surface area (Å²) < 4.78 is 2.22. The Morgan fingerprint density at radius 3 is 2.76 bits per heavy atom. The largest absolute Gasteiger partial charge is 0.325 e. The number of rotatable bonds is 7. The lowest BCUT2D eigenvalue weighted by atomic mass is 10.2. The van der Waals surface area contributed by atoms with Crippen LogP contribution in [0.3, 0.4) is 0 Å². The molecule has 1 atom stereocenters. The first-order valence-electron chi connectivity index (χ1n) is 8.60. The standard InChI is InChI=1S/C19H26ClN3OS/c1-6-7-10-23-14(4)13(3)21-19(23)25-15(5)18(24)22-17-11-16(20)9-8-12(17)2/h8-9,11,15H,6-7,10H2,1-5H3,(H,22,24)/t15-/m0/s1. The van der Waals surface area contributed by atoms with Gasteiger partial charge in [-0.3, -0.25) is 4.79 Å².